The number of sulfonamides is 1. The Morgan fingerprint density at radius 1 is 0.902 bits per heavy atom. The third-order valence-corrected chi connectivity index (χ3v) is 9.81. The molecule has 0 bridgehead atoms. The minimum absolute atomic E-state index is 0.108. The summed E-state index contributed by atoms with van der Waals surface area (Å²) in [5, 5.41) is 3.11. The van der Waals surface area contributed by atoms with Crippen LogP contribution < -0.4 is 9.62 Å². The number of amides is 2. The lowest BCUT2D eigenvalue weighted by molar-refractivity contribution is -0.139. The fourth-order valence-corrected chi connectivity index (χ4v) is 6.61. The van der Waals surface area contributed by atoms with Crippen LogP contribution in [0.3, 0.4) is 0 Å². The van der Waals surface area contributed by atoms with Gasteiger partial charge in [0.1, 0.15) is 12.6 Å². The summed E-state index contributed by atoms with van der Waals surface area (Å²) in [5.41, 5.74) is 4.32. The first-order valence-corrected chi connectivity index (χ1v) is 15.8. The maximum Gasteiger partial charge on any atom is 0.264 e. The number of aryl methyl sites for hydroxylation is 3. The Morgan fingerprint density at radius 2 is 1.56 bits per heavy atom. The molecular weight excluding hydrogens is 534 g/mol. The van der Waals surface area contributed by atoms with E-state index in [9.17, 15) is 18.0 Å². The van der Waals surface area contributed by atoms with Crippen LogP contribution in [0.15, 0.2) is 77.7 Å². The third-order valence-electron chi connectivity index (χ3n) is 8.02. The van der Waals surface area contributed by atoms with E-state index in [2.05, 4.69) is 5.32 Å². The van der Waals surface area contributed by atoms with Crippen LogP contribution in [0.2, 0.25) is 0 Å². The predicted octanol–water partition coefficient (Wildman–Crippen LogP) is 5.33. The van der Waals surface area contributed by atoms with Crippen molar-refractivity contribution in [2.24, 2.45) is 0 Å². The Labute approximate surface area is 244 Å². The van der Waals surface area contributed by atoms with Crippen molar-refractivity contribution in [3.8, 4) is 0 Å². The molecule has 0 unspecified atom stereocenters. The summed E-state index contributed by atoms with van der Waals surface area (Å²) in [6.45, 7) is 7.35. The van der Waals surface area contributed by atoms with Gasteiger partial charge in [-0.25, -0.2) is 8.42 Å². The van der Waals surface area contributed by atoms with Gasteiger partial charge in [-0.2, -0.15) is 0 Å². The van der Waals surface area contributed by atoms with Crippen LogP contribution in [0, 0.1) is 20.8 Å². The average molecular weight is 576 g/mol. The van der Waals surface area contributed by atoms with Crippen LogP contribution in [0.25, 0.3) is 0 Å². The molecule has 0 aromatic heterocycles. The summed E-state index contributed by atoms with van der Waals surface area (Å²) in [6.07, 6.45) is 4.58. The van der Waals surface area contributed by atoms with E-state index in [-0.39, 0.29) is 23.4 Å². The number of carbonyl (C=O) groups is 2. The lowest BCUT2D eigenvalue weighted by Gasteiger charge is -2.32. The van der Waals surface area contributed by atoms with Gasteiger partial charge in [0.25, 0.3) is 10.0 Å². The molecule has 1 aliphatic rings. The molecule has 0 heterocycles. The van der Waals surface area contributed by atoms with E-state index in [1.54, 1.807) is 43.3 Å². The van der Waals surface area contributed by atoms with E-state index in [0.717, 1.165) is 47.9 Å². The Balaban J connectivity index is 1.66. The minimum atomic E-state index is -4.08. The molecule has 41 heavy (non-hydrogen) atoms. The first-order chi connectivity index (χ1) is 19.6. The number of nitrogens with zero attached hydrogens (tertiary/aromatic N) is 2. The summed E-state index contributed by atoms with van der Waals surface area (Å²) in [5.74, 6) is -0.638. The van der Waals surface area contributed by atoms with Gasteiger partial charge in [-0.15, -0.1) is 0 Å². The summed E-state index contributed by atoms with van der Waals surface area (Å²) >= 11 is 0. The first-order valence-electron chi connectivity index (χ1n) is 14.4. The normalized spacial score (nSPS) is 14.4. The third kappa shape index (κ3) is 7.55. The van der Waals surface area contributed by atoms with Crippen molar-refractivity contribution in [1.29, 1.82) is 0 Å². The second kappa shape index (κ2) is 13.3. The molecule has 3 aromatic carbocycles. The fourth-order valence-electron chi connectivity index (χ4n) is 5.21. The number of benzene rings is 3. The minimum Gasteiger partial charge on any atom is -0.352 e. The van der Waals surface area contributed by atoms with E-state index in [1.165, 1.54) is 9.21 Å². The van der Waals surface area contributed by atoms with E-state index < -0.39 is 28.5 Å². The van der Waals surface area contributed by atoms with Gasteiger partial charge in [0.05, 0.1) is 10.6 Å². The quantitative estimate of drug-likeness (QED) is 0.335. The molecule has 4 rings (SSSR count). The van der Waals surface area contributed by atoms with Gasteiger partial charge in [-0.3, -0.25) is 13.9 Å². The molecule has 0 radical (unpaired) electrons. The lowest BCUT2D eigenvalue weighted by atomic mass is 10.1. The Hall–Kier alpha value is -3.65. The Bertz CT molecular complexity index is 1450. The van der Waals surface area contributed by atoms with Crippen molar-refractivity contribution >= 4 is 27.5 Å². The molecule has 1 atom stereocenters. The molecule has 2 amide bonds. The highest BCUT2D eigenvalue weighted by atomic mass is 32.2. The summed E-state index contributed by atoms with van der Waals surface area (Å²) in [4.78, 5) is 29.0. The zero-order valence-electron chi connectivity index (χ0n) is 24.5. The molecule has 1 aliphatic carbocycles. The molecule has 1 fully saturated rings. The number of hydrogen-bond donors (Lipinski definition) is 1. The molecule has 1 N–H and O–H groups in total. The highest BCUT2D eigenvalue weighted by Crippen LogP contribution is 2.27. The van der Waals surface area contributed by atoms with Gasteiger partial charge >= 0.3 is 0 Å². The molecule has 7 nitrogen and oxygen atoms in total. The van der Waals surface area contributed by atoms with Crippen molar-refractivity contribution in [1.82, 2.24) is 10.2 Å². The van der Waals surface area contributed by atoms with Gasteiger partial charge in [-0.05, 0) is 87.9 Å². The van der Waals surface area contributed by atoms with Crippen molar-refractivity contribution in [3.05, 3.63) is 95.1 Å². The summed E-state index contributed by atoms with van der Waals surface area (Å²) < 4.78 is 29.1. The lowest BCUT2D eigenvalue weighted by Crippen LogP contribution is -2.53. The van der Waals surface area contributed by atoms with Crippen LogP contribution in [0.5, 0.6) is 0 Å². The van der Waals surface area contributed by atoms with E-state index >= 15 is 0 Å². The standard InChI is InChI=1S/C33H41N3O4S/c1-24-14-18-31(19-15-24)41(39,40)36(30-17-16-25(2)26(3)22-30)23-32(37)35(21-20-28-10-6-5-7-11-28)27(4)33(38)34-29-12-8-9-13-29/h5-7,10-11,14-19,22,27,29H,8-9,12-13,20-21,23H2,1-4H3,(H,34,38)/t27-/m0/s1. The van der Waals surface area contributed by atoms with Crippen LogP contribution in [-0.4, -0.2) is 50.3 Å². The zero-order chi connectivity index (χ0) is 29.6. The van der Waals surface area contributed by atoms with Gasteiger partial charge in [0, 0.05) is 12.6 Å². The maximum absolute atomic E-state index is 14.1. The molecular formula is C33H41N3O4S. The fraction of sp³-hybridized carbons (Fsp3) is 0.394. The van der Waals surface area contributed by atoms with Crippen molar-refractivity contribution in [2.45, 2.75) is 76.8 Å². The van der Waals surface area contributed by atoms with E-state index in [0.29, 0.717) is 12.1 Å². The van der Waals surface area contributed by atoms with Gasteiger partial charge in [-0.1, -0.05) is 66.9 Å². The molecule has 3 aromatic rings. The highest BCUT2D eigenvalue weighted by Gasteiger charge is 2.33. The van der Waals surface area contributed by atoms with Crippen LogP contribution >= 0.6 is 0 Å². The Kier molecular flexibility index (Phi) is 9.86. The topological polar surface area (TPSA) is 86.8 Å². The largest absolute Gasteiger partial charge is 0.352 e. The number of anilines is 1. The summed E-state index contributed by atoms with van der Waals surface area (Å²) in [7, 11) is -4.08. The van der Waals surface area contributed by atoms with Gasteiger partial charge < -0.3 is 10.2 Å². The molecule has 8 heteroatoms. The average Bonchev–Trinajstić information content (AvgIpc) is 3.47. The zero-order valence-corrected chi connectivity index (χ0v) is 25.3. The van der Waals surface area contributed by atoms with Gasteiger partial charge in [0.15, 0.2) is 0 Å². The van der Waals surface area contributed by atoms with E-state index in [4.69, 9.17) is 0 Å². The Morgan fingerprint density at radius 3 is 2.20 bits per heavy atom. The van der Waals surface area contributed by atoms with Crippen molar-refractivity contribution in [3.63, 3.8) is 0 Å². The first kappa shape index (κ1) is 30.3. The number of carbonyl (C=O) groups excluding carboxylic acids is 2. The highest BCUT2D eigenvalue weighted by molar-refractivity contribution is 7.92. The number of hydrogen-bond acceptors (Lipinski definition) is 4. The smallest absolute Gasteiger partial charge is 0.264 e. The second-order valence-electron chi connectivity index (χ2n) is 11.1. The monoisotopic (exact) mass is 575 g/mol. The predicted molar refractivity (Wildman–Crippen MR) is 163 cm³/mol. The van der Waals surface area contributed by atoms with Crippen LogP contribution in [0.1, 0.15) is 54.9 Å². The molecule has 0 aliphatic heterocycles. The van der Waals surface area contributed by atoms with Crippen molar-refractivity contribution in [2.75, 3.05) is 17.4 Å². The SMILES string of the molecule is Cc1ccc(S(=O)(=O)N(CC(=O)N(CCc2ccccc2)[C@@H](C)C(=O)NC2CCCC2)c2ccc(C)c(C)c2)cc1. The second-order valence-corrected chi connectivity index (χ2v) is 12.9. The van der Waals surface area contributed by atoms with E-state index in [1.807, 2.05) is 57.2 Å². The maximum atomic E-state index is 14.1. The van der Waals surface area contributed by atoms with Crippen molar-refractivity contribution < 1.29 is 18.0 Å². The van der Waals surface area contributed by atoms with Crippen LogP contribution in [0.4, 0.5) is 5.69 Å². The summed E-state index contributed by atoms with van der Waals surface area (Å²) in [6, 6.07) is 21.1. The van der Waals surface area contributed by atoms with Crippen LogP contribution in [-0.2, 0) is 26.0 Å². The molecule has 1 saturated carbocycles. The molecule has 218 valence electrons. The number of rotatable bonds is 11. The molecule has 0 saturated heterocycles. The number of nitrogens with one attached hydrogen (secondary N) is 1. The molecule has 0 spiro atoms. The van der Waals surface area contributed by atoms with Gasteiger partial charge in [0.2, 0.25) is 11.8 Å².